The highest BCUT2D eigenvalue weighted by Crippen LogP contribution is 2.27. The number of hydroxylamine groups is 3. The number of anilines is 2. The van der Waals surface area contributed by atoms with Gasteiger partial charge in [0.15, 0.2) is 5.82 Å². The molecule has 0 saturated heterocycles. The third-order valence-electron chi connectivity index (χ3n) is 3.26. The van der Waals surface area contributed by atoms with E-state index in [4.69, 9.17) is 10.2 Å². The zero-order valence-electron chi connectivity index (χ0n) is 13.0. The van der Waals surface area contributed by atoms with E-state index in [9.17, 15) is 14.4 Å². The number of amides is 2. The van der Waals surface area contributed by atoms with Gasteiger partial charge >= 0.3 is 6.03 Å². The second kappa shape index (κ2) is 7.40. The minimum absolute atomic E-state index is 0.0700. The number of hydrogen-bond acceptors (Lipinski definition) is 6. The molecule has 0 spiro atoms. The lowest BCUT2D eigenvalue weighted by molar-refractivity contribution is -0.305. The number of carbonyl (C=O) groups is 1. The Bertz CT molecular complexity index is 930. The van der Waals surface area contributed by atoms with Crippen molar-refractivity contribution in [1.82, 2.24) is 10.5 Å². The van der Waals surface area contributed by atoms with Crippen LogP contribution in [0.15, 0.2) is 59.0 Å². The molecular weight excluding hydrogens is 409 g/mol. The topological polar surface area (TPSA) is 101 Å². The van der Waals surface area contributed by atoms with E-state index in [1.807, 2.05) is 6.07 Å². The van der Waals surface area contributed by atoms with Gasteiger partial charge in [-0.3, -0.25) is 10.5 Å². The van der Waals surface area contributed by atoms with Crippen molar-refractivity contribution in [1.29, 1.82) is 5.26 Å². The summed E-state index contributed by atoms with van der Waals surface area (Å²) >= 11 is 3.06. The summed E-state index contributed by atoms with van der Waals surface area (Å²) in [6, 6.07) is 11.7. The van der Waals surface area contributed by atoms with Gasteiger partial charge in [0.1, 0.15) is 5.82 Å². The van der Waals surface area contributed by atoms with E-state index in [-0.39, 0.29) is 10.3 Å². The standard InChI is InChI=1S/C16H11BrFN5O3/c17-13-7-12(4-5-14(13)18)22-9-15(23(25)26-22)21-16(24)20-11-3-1-2-10(6-11)8-19/h1-7,9,25H,(H2,20,21,24). The predicted molar refractivity (Wildman–Crippen MR) is 92.7 cm³/mol. The van der Waals surface area contributed by atoms with E-state index in [0.717, 1.165) is 5.06 Å². The third-order valence-corrected chi connectivity index (χ3v) is 3.87. The normalized spacial score (nSPS) is 13.2. The average Bonchev–Trinajstić information content (AvgIpc) is 2.98. The summed E-state index contributed by atoms with van der Waals surface area (Å²) in [5.41, 5.74) is 1.21. The Morgan fingerprint density at radius 2 is 2.08 bits per heavy atom. The zero-order chi connectivity index (χ0) is 18.7. The second-order valence-electron chi connectivity index (χ2n) is 5.06. The number of halogens is 2. The molecule has 26 heavy (non-hydrogen) atoms. The van der Waals surface area contributed by atoms with E-state index >= 15 is 0 Å². The maximum atomic E-state index is 13.3. The van der Waals surface area contributed by atoms with Crippen molar-refractivity contribution >= 4 is 33.3 Å². The van der Waals surface area contributed by atoms with Crippen LogP contribution in [0.25, 0.3) is 0 Å². The summed E-state index contributed by atoms with van der Waals surface area (Å²) in [4.78, 5) is 17.1. The van der Waals surface area contributed by atoms with Crippen molar-refractivity contribution in [3.63, 3.8) is 0 Å². The summed E-state index contributed by atoms with van der Waals surface area (Å²) in [7, 11) is 0. The summed E-state index contributed by atoms with van der Waals surface area (Å²) < 4.78 is 13.5. The van der Waals surface area contributed by atoms with Crippen LogP contribution in [0.1, 0.15) is 5.56 Å². The number of urea groups is 1. The highest BCUT2D eigenvalue weighted by Gasteiger charge is 2.25. The number of rotatable bonds is 3. The minimum Gasteiger partial charge on any atom is -0.308 e. The van der Waals surface area contributed by atoms with Gasteiger partial charge in [-0.1, -0.05) is 11.3 Å². The van der Waals surface area contributed by atoms with Gasteiger partial charge < -0.3 is 5.32 Å². The van der Waals surface area contributed by atoms with Gasteiger partial charge in [0.25, 0.3) is 0 Å². The van der Waals surface area contributed by atoms with Crippen LogP contribution in [0, 0.1) is 17.1 Å². The third kappa shape index (κ3) is 3.92. The first kappa shape index (κ1) is 17.7. The fraction of sp³-hybridized carbons (Fsp3) is 0. The molecule has 2 amide bonds. The Hall–Kier alpha value is -3.13. The molecule has 3 N–H and O–H groups in total. The summed E-state index contributed by atoms with van der Waals surface area (Å²) in [6.07, 6.45) is 1.30. The van der Waals surface area contributed by atoms with Crippen molar-refractivity contribution in [3.8, 4) is 6.07 Å². The Balaban J connectivity index is 1.69. The number of benzene rings is 2. The number of hydrogen-bond donors (Lipinski definition) is 3. The van der Waals surface area contributed by atoms with Crippen LogP contribution in [-0.2, 0) is 4.94 Å². The van der Waals surface area contributed by atoms with Gasteiger partial charge in [-0.05, 0) is 52.3 Å². The molecule has 3 rings (SSSR count). The van der Waals surface area contributed by atoms with Crippen LogP contribution in [0.4, 0.5) is 20.6 Å². The van der Waals surface area contributed by atoms with Crippen molar-refractivity contribution < 1.29 is 19.3 Å². The molecule has 132 valence electrons. The van der Waals surface area contributed by atoms with Crippen molar-refractivity contribution in [2.75, 3.05) is 10.4 Å². The van der Waals surface area contributed by atoms with E-state index in [1.54, 1.807) is 18.2 Å². The van der Waals surface area contributed by atoms with E-state index in [1.165, 1.54) is 30.5 Å². The zero-order valence-corrected chi connectivity index (χ0v) is 14.6. The molecule has 0 aromatic heterocycles. The maximum absolute atomic E-state index is 13.3. The Morgan fingerprint density at radius 3 is 2.81 bits per heavy atom. The highest BCUT2D eigenvalue weighted by atomic mass is 79.9. The molecule has 1 aliphatic heterocycles. The van der Waals surface area contributed by atoms with E-state index < -0.39 is 11.8 Å². The number of nitrogens with one attached hydrogen (secondary N) is 2. The number of nitriles is 1. The Morgan fingerprint density at radius 1 is 1.27 bits per heavy atom. The molecule has 0 bridgehead atoms. The molecule has 10 heteroatoms. The Kier molecular flexibility index (Phi) is 5.04. The minimum atomic E-state index is -0.656. The quantitative estimate of drug-likeness (QED) is 0.704. The van der Waals surface area contributed by atoms with Crippen molar-refractivity contribution in [2.24, 2.45) is 0 Å². The fourth-order valence-electron chi connectivity index (χ4n) is 2.08. The van der Waals surface area contributed by atoms with Gasteiger partial charge in [0.2, 0.25) is 0 Å². The molecular formula is C16H11BrFN5O3. The van der Waals surface area contributed by atoms with E-state index in [0.29, 0.717) is 22.2 Å². The first-order chi connectivity index (χ1) is 12.5. The summed E-state index contributed by atoms with van der Waals surface area (Å²) in [5, 5.41) is 25.0. The monoisotopic (exact) mass is 419 g/mol. The molecule has 0 saturated carbocycles. The van der Waals surface area contributed by atoms with Crippen molar-refractivity contribution in [2.45, 2.75) is 0 Å². The molecule has 1 heterocycles. The van der Waals surface area contributed by atoms with Crippen LogP contribution >= 0.6 is 15.9 Å². The van der Waals surface area contributed by atoms with Crippen LogP contribution in [0.2, 0.25) is 0 Å². The molecule has 2 aromatic carbocycles. The van der Waals surface area contributed by atoms with E-state index in [2.05, 4.69) is 26.6 Å². The van der Waals surface area contributed by atoms with Gasteiger partial charge in [-0.2, -0.15) is 10.3 Å². The number of carbonyl (C=O) groups excluding carboxylic acids is 1. The molecule has 0 radical (unpaired) electrons. The lowest BCUT2D eigenvalue weighted by atomic mass is 10.2. The smallest absolute Gasteiger partial charge is 0.308 e. The van der Waals surface area contributed by atoms with Gasteiger partial charge in [0.05, 0.1) is 28.0 Å². The molecule has 0 aliphatic carbocycles. The lowest BCUT2D eigenvalue weighted by Gasteiger charge is -2.16. The van der Waals surface area contributed by atoms with Crippen LogP contribution in [-0.4, -0.2) is 16.5 Å². The molecule has 2 aromatic rings. The first-order valence-electron chi connectivity index (χ1n) is 7.17. The first-order valence-corrected chi connectivity index (χ1v) is 7.97. The second-order valence-corrected chi connectivity index (χ2v) is 5.92. The molecule has 0 fully saturated rings. The largest absolute Gasteiger partial charge is 0.324 e. The van der Waals surface area contributed by atoms with Gasteiger partial charge in [0, 0.05) is 5.69 Å². The van der Waals surface area contributed by atoms with Crippen molar-refractivity contribution in [3.05, 3.63) is 70.3 Å². The Labute approximate surface area is 155 Å². The maximum Gasteiger partial charge on any atom is 0.324 e. The van der Waals surface area contributed by atoms with Gasteiger partial charge in [-0.25, -0.2) is 9.18 Å². The SMILES string of the molecule is N#Cc1cccc(NC(=O)NC2=CN(c3ccc(F)c(Br)c3)ON2O)c1. The molecule has 1 aliphatic rings. The van der Waals surface area contributed by atoms with Crippen LogP contribution in [0.3, 0.4) is 0 Å². The summed E-state index contributed by atoms with van der Waals surface area (Å²) in [6.45, 7) is 0. The molecule has 8 nitrogen and oxygen atoms in total. The highest BCUT2D eigenvalue weighted by molar-refractivity contribution is 9.10. The summed E-state index contributed by atoms with van der Waals surface area (Å²) in [5.74, 6) is -0.519. The van der Waals surface area contributed by atoms with Gasteiger partial charge in [-0.15, -0.1) is 4.94 Å². The average molecular weight is 420 g/mol. The van der Waals surface area contributed by atoms with Crippen LogP contribution in [0.5, 0.6) is 0 Å². The lowest BCUT2D eigenvalue weighted by Crippen LogP contribution is -2.33. The van der Waals surface area contributed by atoms with Crippen LogP contribution < -0.4 is 15.7 Å². The number of nitrogens with zero attached hydrogens (tertiary/aromatic N) is 3. The molecule has 0 atom stereocenters. The fourth-order valence-corrected chi connectivity index (χ4v) is 2.45. The predicted octanol–water partition coefficient (Wildman–Crippen LogP) is 3.44. The molecule has 0 unspecified atom stereocenters.